The number of aryl methyl sites for hydroxylation is 1. The zero-order chi connectivity index (χ0) is 16.1. The van der Waals surface area contributed by atoms with Gasteiger partial charge < -0.3 is 10.1 Å². The van der Waals surface area contributed by atoms with Gasteiger partial charge in [0.2, 0.25) is 0 Å². The highest BCUT2D eigenvalue weighted by Crippen LogP contribution is 2.15. The normalized spacial score (nSPS) is 10.5. The number of carbonyl (C=O) groups is 1. The molecule has 0 spiro atoms. The third-order valence-electron chi connectivity index (χ3n) is 3.23. The number of ether oxygens (including phenoxy) is 1. The van der Waals surface area contributed by atoms with Crippen LogP contribution in [0.5, 0.6) is 5.75 Å². The molecule has 6 nitrogen and oxygen atoms in total. The van der Waals surface area contributed by atoms with Crippen LogP contribution in [-0.2, 0) is 11.3 Å². The molecule has 1 amide bonds. The second-order valence-corrected chi connectivity index (χ2v) is 5.75. The molecule has 0 radical (unpaired) electrons. The number of rotatable bonds is 6. The van der Waals surface area contributed by atoms with Crippen LogP contribution >= 0.6 is 11.3 Å². The van der Waals surface area contributed by atoms with Gasteiger partial charge in [0.25, 0.3) is 5.91 Å². The first-order valence-corrected chi connectivity index (χ1v) is 8.05. The van der Waals surface area contributed by atoms with Crippen LogP contribution in [0.25, 0.3) is 5.69 Å². The van der Waals surface area contributed by atoms with Crippen LogP contribution in [0.4, 0.5) is 0 Å². The molecular weight excluding hydrogens is 312 g/mol. The van der Waals surface area contributed by atoms with Gasteiger partial charge in [0.1, 0.15) is 11.4 Å². The lowest BCUT2D eigenvalue weighted by atomic mass is 10.2. The highest BCUT2D eigenvalue weighted by molar-refractivity contribution is 7.08. The van der Waals surface area contributed by atoms with Crippen LogP contribution in [-0.4, -0.2) is 27.5 Å². The maximum Gasteiger partial charge on any atom is 0.258 e. The summed E-state index contributed by atoms with van der Waals surface area (Å²) in [5.74, 6) is 0.518. The van der Waals surface area contributed by atoms with Crippen molar-refractivity contribution in [3.05, 3.63) is 58.5 Å². The summed E-state index contributed by atoms with van der Waals surface area (Å²) in [5.41, 5.74) is 2.66. The van der Waals surface area contributed by atoms with Crippen LogP contribution in [0.3, 0.4) is 0 Å². The maximum absolute atomic E-state index is 11.8. The molecule has 1 aromatic carbocycles. The highest BCUT2D eigenvalue weighted by atomic mass is 32.1. The predicted octanol–water partition coefficient (Wildman–Crippen LogP) is 2.33. The van der Waals surface area contributed by atoms with E-state index in [1.165, 1.54) is 0 Å². The van der Waals surface area contributed by atoms with E-state index in [0.29, 0.717) is 18.0 Å². The van der Waals surface area contributed by atoms with Crippen LogP contribution in [0.1, 0.15) is 11.3 Å². The van der Waals surface area contributed by atoms with Crippen molar-refractivity contribution in [2.75, 3.05) is 6.61 Å². The summed E-state index contributed by atoms with van der Waals surface area (Å²) in [6.45, 7) is 2.24. The monoisotopic (exact) mass is 328 g/mol. The molecule has 3 aromatic rings. The summed E-state index contributed by atoms with van der Waals surface area (Å²) < 4.78 is 7.18. The highest BCUT2D eigenvalue weighted by Gasteiger charge is 2.07. The molecule has 0 saturated carbocycles. The summed E-state index contributed by atoms with van der Waals surface area (Å²) >= 11 is 1.59. The van der Waals surface area contributed by atoms with E-state index in [1.54, 1.807) is 22.2 Å². The third kappa shape index (κ3) is 3.95. The summed E-state index contributed by atoms with van der Waals surface area (Å²) in [6, 6.07) is 9.55. The minimum Gasteiger partial charge on any atom is -0.484 e. The topological polar surface area (TPSA) is 69.0 Å². The molecule has 1 N–H and O–H groups in total. The van der Waals surface area contributed by atoms with E-state index in [0.717, 1.165) is 11.3 Å². The second kappa shape index (κ2) is 7.06. The van der Waals surface area contributed by atoms with E-state index in [9.17, 15) is 4.79 Å². The molecule has 2 aromatic heterocycles. The lowest BCUT2D eigenvalue weighted by Gasteiger charge is -2.08. The summed E-state index contributed by atoms with van der Waals surface area (Å²) in [4.78, 5) is 11.8. The van der Waals surface area contributed by atoms with E-state index in [1.807, 2.05) is 48.0 Å². The van der Waals surface area contributed by atoms with Gasteiger partial charge in [-0.25, -0.2) is 4.68 Å². The van der Waals surface area contributed by atoms with Crippen molar-refractivity contribution in [2.45, 2.75) is 13.5 Å². The van der Waals surface area contributed by atoms with Gasteiger partial charge in [-0.2, -0.15) is 11.3 Å². The molecule has 0 bridgehead atoms. The van der Waals surface area contributed by atoms with Gasteiger partial charge in [0.15, 0.2) is 6.61 Å². The van der Waals surface area contributed by atoms with Gasteiger partial charge in [-0.15, -0.1) is 5.10 Å². The van der Waals surface area contributed by atoms with Gasteiger partial charge >= 0.3 is 0 Å². The average Bonchev–Trinajstić information content (AvgIpc) is 3.23. The Hall–Kier alpha value is -2.67. The number of carbonyl (C=O) groups excluding carboxylic acids is 1. The molecule has 0 saturated heterocycles. The minimum absolute atomic E-state index is 0.0243. The van der Waals surface area contributed by atoms with Gasteiger partial charge in [-0.3, -0.25) is 4.79 Å². The third-order valence-corrected chi connectivity index (χ3v) is 3.90. The van der Waals surface area contributed by atoms with Crippen LogP contribution in [0, 0.1) is 6.92 Å². The molecule has 0 aliphatic rings. The number of nitrogens with one attached hydrogen (secondary N) is 1. The molecule has 0 fully saturated rings. The summed E-state index contributed by atoms with van der Waals surface area (Å²) in [6.07, 6.45) is 1.80. The van der Waals surface area contributed by atoms with E-state index < -0.39 is 0 Å². The van der Waals surface area contributed by atoms with Crippen molar-refractivity contribution in [3.8, 4) is 11.4 Å². The van der Waals surface area contributed by atoms with E-state index >= 15 is 0 Å². The number of amides is 1. The largest absolute Gasteiger partial charge is 0.484 e. The Bertz CT molecular complexity index is 783. The Morgan fingerprint density at radius 2 is 2.22 bits per heavy atom. The fourth-order valence-electron chi connectivity index (χ4n) is 2.00. The molecule has 118 valence electrons. The minimum atomic E-state index is -0.196. The van der Waals surface area contributed by atoms with Gasteiger partial charge in [-0.05, 0) is 30.0 Å². The average molecular weight is 328 g/mol. The number of nitrogens with zero attached hydrogens (tertiary/aromatic N) is 3. The lowest BCUT2D eigenvalue weighted by molar-refractivity contribution is -0.123. The van der Waals surface area contributed by atoms with Crippen LogP contribution in [0.2, 0.25) is 0 Å². The number of thiophene rings is 1. The quantitative estimate of drug-likeness (QED) is 0.754. The molecule has 0 aliphatic heterocycles. The maximum atomic E-state index is 11.8. The SMILES string of the molecule is Cc1ccccc1OCC(=O)NCc1cn(-c2ccsc2)nn1. The molecule has 23 heavy (non-hydrogen) atoms. The predicted molar refractivity (Wildman–Crippen MR) is 87.8 cm³/mol. The Labute approximate surface area is 137 Å². The number of hydrogen-bond acceptors (Lipinski definition) is 5. The fraction of sp³-hybridized carbons (Fsp3) is 0.188. The van der Waals surface area contributed by atoms with Crippen molar-refractivity contribution in [1.82, 2.24) is 20.3 Å². The van der Waals surface area contributed by atoms with Gasteiger partial charge in [-0.1, -0.05) is 23.4 Å². The molecule has 0 atom stereocenters. The number of hydrogen-bond donors (Lipinski definition) is 1. The van der Waals surface area contributed by atoms with Crippen molar-refractivity contribution < 1.29 is 9.53 Å². The smallest absolute Gasteiger partial charge is 0.258 e. The first-order chi connectivity index (χ1) is 11.2. The van der Waals surface area contributed by atoms with E-state index in [2.05, 4.69) is 15.6 Å². The second-order valence-electron chi connectivity index (χ2n) is 4.97. The molecular formula is C16H16N4O2S. The molecule has 2 heterocycles. The summed E-state index contributed by atoms with van der Waals surface area (Å²) in [7, 11) is 0. The first-order valence-electron chi connectivity index (χ1n) is 7.11. The van der Waals surface area contributed by atoms with Gasteiger partial charge in [0.05, 0.1) is 18.4 Å². The molecule has 0 aliphatic carbocycles. The van der Waals surface area contributed by atoms with Crippen molar-refractivity contribution >= 4 is 17.2 Å². The zero-order valence-electron chi connectivity index (χ0n) is 12.6. The Kier molecular flexibility index (Phi) is 4.68. The Morgan fingerprint density at radius 1 is 1.35 bits per heavy atom. The molecule has 0 unspecified atom stereocenters. The van der Waals surface area contributed by atoms with E-state index in [4.69, 9.17) is 4.74 Å². The number of aromatic nitrogens is 3. The Morgan fingerprint density at radius 3 is 3.00 bits per heavy atom. The fourth-order valence-corrected chi connectivity index (χ4v) is 2.62. The number of benzene rings is 1. The van der Waals surface area contributed by atoms with Crippen molar-refractivity contribution in [3.63, 3.8) is 0 Å². The molecule has 7 heteroatoms. The van der Waals surface area contributed by atoms with E-state index in [-0.39, 0.29) is 12.5 Å². The first kappa shape index (κ1) is 15.2. The number of para-hydroxylation sites is 1. The van der Waals surface area contributed by atoms with Crippen molar-refractivity contribution in [1.29, 1.82) is 0 Å². The Balaban J connectivity index is 1.49. The molecule has 3 rings (SSSR count). The summed E-state index contributed by atoms with van der Waals surface area (Å²) in [5, 5.41) is 14.8. The zero-order valence-corrected chi connectivity index (χ0v) is 13.4. The van der Waals surface area contributed by atoms with Gasteiger partial charge in [0, 0.05) is 5.38 Å². The van der Waals surface area contributed by atoms with Crippen molar-refractivity contribution in [2.24, 2.45) is 0 Å². The lowest BCUT2D eigenvalue weighted by Crippen LogP contribution is -2.28. The van der Waals surface area contributed by atoms with Crippen LogP contribution in [0.15, 0.2) is 47.3 Å². The van der Waals surface area contributed by atoms with Crippen LogP contribution < -0.4 is 10.1 Å². The standard InChI is InChI=1S/C16H16N4O2S/c1-12-4-2-3-5-15(12)22-10-16(21)17-8-13-9-20(19-18-13)14-6-7-23-11-14/h2-7,9,11H,8,10H2,1H3,(H,17,21).